The number of carbonyl (C=O) groups excluding carboxylic acids is 2. The number of nitrogens with one attached hydrogen (secondary N) is 2. The predicted molar refractivity (Wildman–Crippen MR) is 92.7 cm³/mol. The van der Waals surface area contributed by atoms with Crippen LogP contribution in [0, 0.1) is 0 Å². The Morgan fingerprint density at radius 1 is 1.46 bits per heavy atom. The first-order valence-corrected chi connectivity index (χ1v) is 9.94. The van der Waals surface area contributed by atoms with E-state index in [0.29, 0.717) is 18.7 Å². The van der Waals surface area contributed by atoms with Crippen LogP contribution in [0.2, 0.25) is 0 Å². The minimum absolute atomic E-state index is 0.0904. The van der Waals surface area contributed by atoms with Gasteiger partial charge in [0.2, 0.25) is 5.91 Å². The van der Waals surface area contributed by atoms with Gasteiger partial charge < -0.3 is 25.0 Å². The zero-order chi connectivity index (χ0) is 17.7. The van der Waals surface area contributed by atoms with E-state index in [-0.39, 0.29) is 12.9 Å². The summed E-state index contributed by atoms with van der Waals surface area (Å²) in [6.07, 6.45) is 0.00486. The van der Waals surface area contributed by atoms with Gasteiger partial charge in [0.25, 0.3) is 0 Å². The van der Waals surface area contributed by atoms with E-state index in [1.165, 1.54) is 4.90 Å². The van der Waals surface area contributed by atoms with Gasteiger partial charge >= 0.3 is 13.6 Å². The Bertz CT molecular complexity index is 654. The second-order valence-electron chi connectivity index (χ2n) is 5.24. The molecular weight excluding hydrogens is 401 g/mol. The van der Waals surface area contributed by atoms with E-state index in [9.17, 15) is 19.0 Å². The lowest BCUT2D eigenvalue weighted by Gasteiger charge is -2.20. The lowest BCUT2D eigenvalue weighted by atomic mass is 10.2. The quantitative estimate of drug-likeness (QED) is 0.613. The summed E-state index contributed by atoms with van der Waals surface area (Å²) in [7, 11) is -3.83. The molecular formula is C14H19BrN3O5P. The smallest absolute Gasteiger partial charge is 0.329 e. The zero-order valence-electron chi connectivity index (χ0n) is 13.1. The van der Waals surface area contributed by atoms with Gasteiger partial charge in [0.05, 0.1) is 6.61 Å². The molecule has 1 saturated heterocycles. The Kier molecular flexibility index (Phi) is 6.40. The Hall–Kier alpha value is -1.41. The van der Waals surface area contributed by atoms with Gasteiger partial charge in [0.1, 0.15) is 12.3 Å². The first kappa shape index (κ1) is 18.9. The number of nitrogens with zero attached hydrogens (tertiary/aromatic N) is 1. The maximum Gasteiger partial charge on any atom is 0.347 e. The van der Waals surface area contributed by atoms with Crippen molar-refractivity contribution >= 4 is 41.2 Å². The van der Waals surface area contributed by atoms with Crippen LogP contribution >= 0.6 is 23.5 Å². The fourth-order valence-corrected chi connectivity index (χ4v) is 3.79. The molecule has 3 N–H and O–H groups in total. The summed E-state index contributed by atoms with van der Waals surface area (Å²) in [5.74, 6) is -0.394. The van der Waals surface area contributed by atoms with Crippen molar-refractivity contribution in [2.24, 2.45) is 0 Å². The number of hydrogen-bond acceptors (Lipinski definition) is 4. The van der Waals surface area contributed by atoms with Crippen LogP contribution in [0.5, 0.6) is 0 Å². The van der Waals surface area contributed by atoms with Gasteiger partial charge in [0, 0.05) is 16.7 Å². The van der Waals surface area contributed by atoms with Gasteiger partial charge in [-0.1, -0.05) is 15.9 Å². The summed E-state index contributed by atoms with van der Waals surface area (Å²) in [5.41, 5.74) is 0.592. The second kappa shape index (κ2) is 8.11. The van der Waals surface area contributed by atoms with Crippen LogP contribution in [0.1, 0.15) is 13.3 Å². The molecule has 0 saturated carbocycles. The number of rotatable bonds is 6. The highest BCUT2D eigenvalue weighted by Gasteiger charge is 2.36. The Morgan fingerprint density at radius 2 is 2.12 bits per heavy atom. The molecule has 1 aromatic rings. The maximum atomic E-state index is 12.2. The topological polar surface area (TPSA) is 108 Å². The molecule has 1 heterocycles. The zero-order valence-corrected chi connectivity index (χ0v) is 15.5. The molecule has 2 atom stereocenters. The van der Waals surface area contributed by atoms with Crippen molar-refractivity contribution < 1.29 is 23.6 Å². The molecule has 0 aromatic heterocycles. The summed E-state index contributed by atoms with van der Waals surface area (Å²) in [5, 5.41) is 5.20. The van der Waals surface area contributed by atoms with Gasteiger partial charge in [-0.15, -0.1) is 0 Å². The molecule has 0 spiro atoms. The molecule has 0 aliphatic carbocycles. The van der Waals surface area contributed by atoms with Crippen molar-refractivity contribution in [3.8, 4) is 0 Å². The lowest BCUT2D eigenvalue weighted by molar-refractivity contribution is -0.128. The first-order chi connectivity index (χ1) is 11.3. The largest absolute Gasteiger partial charge is 0.347 e. The molecule has 1 unspecified atom stereocenters. The number of urea groups is 1. The minimum Gasteiger partial charge on any atom is -0.329 e. The van der Waals surface area contributed by atoms with Crippen molar-refractivity contribution in [1.29, 1.82) is 0 Å². The summed E-state index contributed by atoms with van der Waals surface area (Å²) < 4.78 is 17.4. The van der Waals surface area contributed by atoms with Crippen LogP contribution < -0.4 is 10.6 Å². The van der Waals surface area contributed by atoms with Gasteiger partial charge in [-0.05, 0) is 37.6 Å². The first-order valence-electron chi connectivity index (χ1n) is 7.39. The highest BCUT2D eigenvalue weighted by molar-refractivity contribution is 9.10. The van der Waals surface area contributed by atoms with E-state index in [2.05, 4.69) is 26.6 Å². The van der Waals surface area contributed by atoms with Crippen LogP contribution in [-0.2, 0) is 13.9 Å². The molecule has 24 heavy (non-hydrogen) atoms. The fourth-order valence-electron chi connectivity index (χ4n) is 2.33. The lowest BCUT2D eigenvalue weighted by Crippen LogP contribution is -2.43. The third-order valence-corrected chi connectivity index (χ3v) is 5.27. The number of hydrogen-bond donors (Lipinski definition) is 3. The van der Waals surface area contributed by atoms with Gasteiger partial charge in [0.15, 0.2) is 0 Å². The van der Waals surface area contributed by atoms with Crippen molar-refractivity contribution in [2.75, 3.05) is 24.8 Å². The van der Waals surface area contributed by atoms with E-state index < -0.39 is 25.6 Å². The highest BCUT2D eigenvalue weighted by Crippen LogP contribution is 2.43. The van der Waals surface area contributed by atoms with Crippen LogP contribution in [0.25, 0.3) is 0 Å². The molecule has 1 aliphatic rings. The summed E-state index contributed by atoms with van der Waals surface area (Å²) in [6.45, 7) is 1.98. The third kappa shape index (κ3) is 5.31. The van der Waals surface area contributed by atoms with Crippen molar-refractivity contribution in [3.63, 3.8) is 0 Å². The van der Waals surface area contributed by atoms with E-state index in [4.69, 9.17) is 4.52 Å². The molecule has 3 amide bonds. The molecule has 0 radical (unpaired) electrons. The Labute approximate surface area is 148 Å². The van der Waals surface area contributed by atoms with Crippen molar-refractivity contribution in [3.05, 3.63) is 28.7 Å². The molecule has 10 heteroatoms. The van der Waals surface area contributed by atoms with Gasteiger partial charge in [-0.3, -0.25) is 9.36 Å². The van der Waals surface area contributed by atoms with E-state index in [1.54, 1.807) is 31.2 Å². The van der Waals surface area contributed by atoms with Crippen LogP contribution in [0.15, 0.2) is 28.7 Å². The fraction of sp³-hybridized carbons (Fsp3) is 0.429. The van der Waals surface area contributed by atoms with Gasteiger partial charge in [-0.25, -0.2) is 4.79 Å². The molecule has 1 aromatic carbocycles. The molecule has 1 aliphatic heterocycles. The van der Waals surface area contributed by atoms with E-state index in [1.807, 2.05) is 0 Å². The van der Waals surface area contributed by atoms with E-state index in [0.717, 1.165) is 4.47 Å². The second-order valence-corrected chi connectivity index (χ2v) is 7.98. The van der Waals surface area contributed by atoms with Gasteiger partial charge in [-0.2, -0.15) is 0 Å². The molecule has 8 nitrogen and oxygen atoms in total. The SMILES string of the molecule is CCOP(=O)(O)CN1CC[C@H](NC(=O)Nc2ccc(Br)cc2)C1=O. The highest BCUT2D eigenvalue weighted by atomic mass is 79.9. The van der Waals surface area contributed by atoms with Crippen LogP contribution in [0.4, 0.5) is 10.5 Å². The average Bonchev–Trinajstić information content (AvgIpc) is 2.82. The minimum atomic E-state index is -3.83. The molecule has 132 valence electrons. The monoisotopic (exact) mass is 419 g/mol. The van der Waals surface area contributed by atoms with Crippen molar-refractivity contribution in [2.45, 2.75) is 19.4 Å². The predicted octanol–water partition coefficient (Wildman–Crippen LogP) is 2.35. The number of benzene rings is 1. The van der Waals surface area contributed by atoms with E-state index >= 15 is 0 Å². The number of amides is 3. The summed E-state index contributed by atoms with van der Waals surface area (Å²) in [6, 6.07) is 5.78. The van der Waals surface area contributed by atoms with Crippen LogP contribution in [-0.4, -0.2) is 47.2 Å². The van der Waals surface area contributed by atoms with Crippen molar-refractivity contribution in [1.82, 2.24) is 10.2 Å². The Morgan fingerprint density at radius 3 is 2.75 bits per heavy atom. The maximum absolute atomic E-state index is 12.2. The molecule has 1 fully saturated rings. The third-order valence-electron chi connectivity index (χ3n) is 3.39. The number of carbonyl (C=O) groups is 2. The Balaban J connectivity index is 1.87. The molecule has 0 bridgehead atoms. The number of halogens is 1. The molecule has 2 rings (SSSR count). The number of likely N-dealkylation sites (tertiary alicyclic amines) is 1. The van der Waals surface area contributed by atoms with Crippen LogP contribution in [0.3, 0.4) is 0 Å². The summed E-state index contributed by atoms with van der Waals surface area (Å²) >= 11 is 3.30. The summed E-state index contributed by atoms with van der Waals surface area (Å²) in [4.78, 5) is 35.0. The average molecular weight is 420 g/mol. The standard InChI is InChI=1S/C14H19BrN3O5P/c1-2-23-24(21,22)9-18-8-7-12(13(18)19)17-14(20)16-11-5-3-10(15)4-6-11/h3-6,12H,2,7-9H2,1H3,(H,21,22)(H2,16,17,20)/t12-/m0/s1. The number of anilines is 1. The normalized spacial score (nSPS) is 19.9.